The molecule has 0 saturated heterocycles. The summed E-state index contributed by atoms with van der Waals surface area (Å²) in [5.74, 6) is 0.393. The fourth-order valence-electron chi connectivity index (χ4n) is 2.17. The molecule has 3 heteroatoms. The molecule has 15 heavy (non-hydrogen) atoms. The number of rotatable bonds is 2. The van der Waals surface area contributed by atoms with Crippen LogP contribution in [0.4, 0.5) is 0 Å². The molecule has 1 rings (SSSR count). The van der Waals surface area contributed by atoms with Gasteiger partial charge in [0.1, 0.15) is 0 Å². The molecule has 0 spiro atoms. The van der Waals surface area contributed by atoms with Crippen molar-refractivity contribution >= 4 is 5.91 Å². The molecule has 0 aromatic rings. The van der Waals surface area contributed by atoms with Crippen molar-refractivity contribution in [1.29, 1.82) is 0 Å². The zero-order chi connectivity index (χ0) is 11.6. The van der Waals surface area contributed by atoms with Gasteiger partial charge in [-0.2, -0.15) is 0 Å². The lowest BCUT2D eigenvalue weighted by Gasteiger charge is -2.43. The van der Waals surface area contributed by atoms with Crippen LogP contribution < -0.4 is 10.6 Å². The smallest absolute Gasteiger partial charge is 0.217 e. The van der Waals surface area contributed by atoms with Gasteiger partial charge in [0, 0.05) is 6.92 Å². The van der Waals surface area contributed by atoms with E-state index in [9.17, 15) is 4.79 Å². The second-order valence-corrected chi connectivity index (χ2v) is 4.63. The van der Waals surface area contributed by atoms with Gasteiger partial charge >= 0.3 is 0 Å². The summed E-state index contributed by atoms with van der Waals surface area (Å²) in [5, 5.41) is 6.28. The third-order valence-electron chi connectivity index (χ3n) is 2.95. The second-order valence-electron chi connectivity index (χ2n) is 4.63. The highest BCUT2D eigenvalue weighted by Gasteiger charge is 2.39. The Balaban J connectivity index is 3.01. The average Bonchev–Trinajstić information content (AvgIpc) is 2.08. The van der Waals surface area contributed by atoms with E-state index in [1.165, 1.54) is 6.92 Å². The van der Waals surface area contributed by atoms with Crippen LogP contribution in [0.1, 0.15) is 27.7 Å². The lowest BCUT2D eigenvalue weighted by atomic mass is 9.77. The lowest BCUT2D eigenvalue weighted by molar-refractivity contribution is -0.120. The maximum Gasteiger partial charge on any atom is 0.217 e. The van der Waals surface area contributed by atoms with E-state index in [0.29, 0.717) is 5.92 Å². The monoisotopic (exact) mass is 208 g/mol. The third kappa shape index (κ3) is 2.22. The summed E-state index contributed by atoms with van der Waals surface area (Å²) in [7, 11) is 0. The van der Waals surface area contributed by atoms with Crippen molar-refractivity contribution in [2.75, 3.05) is 0 Å². The summed E-state index contributed by atoms with van der Waals surface area (Å²) in [6.45, 7) is 11.8. The Morgan fingerprint density at radius 3 is 2.73 bits per heavy atom. The fraction of sp³-hybridized carbons (Fsp3) is 0.583. The average molecular weight is 208 g/mol. The van der Waals surface area contributed by atoms with Crippen molar-refractivity contribution in [3.8, 4) is 0 Å². The highest BCUT2D eigenvalue weighted by Crippen LogP contribution is 2.28. The first kappa shape index (κ1) is 11.8. The molecule has 0 aliphatic carbocycles. The molecule has 1 amide bonds. The first-order chi connectivity index (χ1) is 6.88. The SMILES string of the molecule is C=C1C=CN[C@H](C(C)C)[C@]1(C)NC(C)=O. The van der Waals surface area contributed by atoms with Crippen molar-refractivity contribution in [3.05, 3.63) is 24.4 Å². The van der Waals surface area contributed by atoms with Crippen LogP contribution in [0.5, 0.6) is 0 Å². The van der Waals surface area contributed by atoms with E-state index in [0.717, 1.165) is 5.57 Å². The summed E-state index contributed by atoms with van der Waals surface area (Å²) >= 11 is 0. The van der Waals surface area contributed by atoms with Crippen LogP contribution in [0.3, 0.4) is 0 Å². The topological polar surface area (TPSA) is 41.1 Å². The normalized spacial score (nSPS) is 30.2. The number of carbonyl (C=O) groups is 1. The number of carbonyl (C=O) groups excluding carboxylic acids is 1. The van der Waals surface area contributed by atoms with Crippen LogP contribution in [0, 0.1) is 5.92 Å². The maximum atomic E-state index is 11.2. The minimum Gasteiger partial charge on any atom is -0.385 e. The molecule has 1 aliphatic heterocycles. The standard InChI is InChI=1S/C12H20N2O/c1-8(2)11-12(5,14-10(4)15)9(3)6-7-13-11/h6-8,11,13H,3H2,1-2,4-5H3,(H,14,15)/t11-,12-/m1/s1. The maximum absolute atomic E-state index is 11.2. The summed E-state index contributed by atoms with van der Waals surface area (Å²) < 4.78 is 0. The van der Waals surface area contributed by atoms with Crippen LogP contribution in [0.2, 0.25) is 0 Å². The van der Waals surface area contributed by atoms with Gasteiger partial charge in [-0.1, -0.05) is 20.4 Å². The quantitative estimate of drug-likeness (QED) is 0.723. The Hall–Kier alpha value is -1.25. The predicted molar refractivity (Wildman–Crippen MR) is 62.3 cm³/mol. The third-order valence-corrected chi connectivity index (χ3v) is 2.95. The van der Waals surface area contributed by atoms with Gasteiger partial charge in [0.2, 0.25) is 5.91 Å². The van der Waals surface area contributed by atoms with E-state index in [4.69, 9.17) is 0 Å². The molecule has 2 atom stereocenters. The highest BCUT2D eigenvalue weighted by atomic mass is 16.1. The molecule has 0 unspecified atom stereocenters. The molecular formula is C12H20N2O. The molecule has 0 fully saturated rings. The number of amides is 1. The molecule has 0 radical (unpaired) electrons. The van der Waals surface area contributed by atoms with E-state index in [2.05, 4.69) is 31.1 Å². The fourth-order valence-corrected chi connectivity index (χ4v) is 2.17. The van der Waals surface area contributed by atoms with E-state index in [1.54, 1.807) is 0 Å². The molecule has 2 N–H and O–H groups in total. The summed E-state index contributed by atoms with van der Waals surface area (Å²) in [6, 6.07) is 0.180. The van der Waals surface area contributed by atoms with Gasteiger partial charge in [0.25, 0.3) is 0 Å². The first-order valence-electron chi connectivity index (χ1n) is 5.28. The molecule has 84 valence electrons. The van der Waals surface area contributed by atoms with E-state index >= 15 is 0 Å². The lowest BCUT2D eigenvalue weighted by Crippen LogP contribution is -2.62. The Labute approximate surface area is 91.6 Å². The minimum atomic E-state index is -0.394. The molecule has 0 saturated carbocycles. The number of hydrogen-bond acceptors (Lipinski definition) is 2. The van der Waals surface area contributed by atoms with Crippen LogP contribution >= 0.6 is 0 Å². The number of hydrogen-bond donors (Lipinski definition) is 2. The zero-order valence-electron chi connectivity index (χ0n) is 9.92. The Morgan fingerprint density at radius 1 is 1.67 bits per heavy atom. The van der Waals surface area contributed by atoms with Crippen molar-refractivity contribution in [1.82, 2.24) is 10.6 Å². The molecule has 1 aliphatic rings. The molecular weight excluding hydrogens is 188 g/mol. The van der Waals surface area contributed by atoms with Gasteiger partial charge in [-0.3, -0.25) is 4.79 Å². The van der Waals surface area contributed by atoms with Gasteiger partial charge in [-0.25, -0.2) is 0 Å². The van der Waals surface area contributed by atoms with E-state index in [1.807, 2.05) is 19.2 Å². The Kier molecular flexibility index (Phi) is 3.22. The van der Waals surface area contributed by atoms with Crippen LogP contribution in [-0.2, 0) is 4.79 Å². The van der Waals surface area contributed by atoms with Gasteiger partial charge in [-0.15, -0.1) is 0 Å². The largest absolute Gasteiger partial charge is 0.385 e. The van der Waals surface area contributed by atoms with Crippen LogP contribution in [-0.4, -0.2) is 17.5 Å². The summed E-state index contributed by atoms with van der Waals surface area (Å²) in [6.07, 6.45) is 3.81. The van der Waals surface area contributed by atoms with Crippen molar-refractivity contribution in [3.63, 3.8) is 0 Å². The van der Waals surface area contributed by atoms with Crippen molar-refractivity contribution in [2.45, 2.75) is 39.3 Å². The van der Waals surface area contributed by atoms with Crippen molar-refractivity contribution in [2.24, 2.45) is 5.92 Å². The summed E-state index contributed by atoms with van der Waals surface area (Å²) in [4.78, 5) is 11.2. The van der Waals surface area contributed by atoms with E-state index in [-0.39, 0.29) is 11.9 Å². The van der Waals surface area contributed by atoms with Gasteiger partial charge in [0.15, 0.2) is 0 Å². The molecule has 3 nitrogen and oxygen atoms in total. The van der Waals surface area contributed by atoms with Gasteiger partial charge in [-0.05, 0) is 30.7 Å². The molecule has 0 aromatic carbocycles. The van der Waals surface area contributed by atoms with Crippen LogP contribution in [0.15, 0.2) is 24.4 Å². The summed E-state index contributed by atoms with van der Waals surface area (Å²) in [5.41, 5.74) is 0.546. The Bertz CT molecular complexity index is 307. The van der Waals surface area contributed by atoms with Crippen LogP contribution in [0.25, 0.3) is 0 Å². The number of nitrogens with one attached hydrogen (secondary N) is 2. The molecule has 0 bridgehead atoms. The van der Waals surface area contributed by atoms with Gasteiger partial charge in [0.05, 0.1) is 11.6 Å². The van der Waals surface area contributed by atoms with Gasteiger partial charge < -0.3 is 10.6 Å². The molecule has 0 aromatic heterocycles. The first-order valence-corrected chi connectivity index (χ1v) is 5.28. The predicted octanol–water partition coefficient (Wildman–Crippen LogP) is 1.58. The Morgan fingerprint density at radius 2 is 2.27 bits per heavy atom. The second kappa shape index (κ2) is 4.09. The van der Waals surface area contributed by atoms with Crippen molar-refractivity contribution < 1.29 is 4.79 Å². The molecule has 1 heterocycles. The zero-order valence-corrected chi connectivity index (χ0v) is 9.92. The van der Waals surface area contributed by atoms with E-state index < -0.39 is 5.54 Å². The highest BCUT2D eigenvalue weighted by molar-refractivity contribution is 5.75. The minimum absolute atomic E-state index is 0.0265.